The zero-order valence-corrected chi connectivity index (χ0v) is 12.1. The fourth-order valence-electron chi connectivity index (χ4n) is 2.67. The number of hydrogen-bond acceptors (Lipinski definition) is 3. The third kappa shape index (κ3) is 3.31. The smallest absolute Gasteiger partial charge is 0.355 e. The van der Waals surface area contributed by atoms with Gasteiger partial charge in [0.1, 0.15) is 11.8 Å². The van der Waals surface area contributed by atoms with Crippen LogP contribution in [0.15, 0.2) is 12.3 Å². The normalized spacial score (nSPS) is 19.3. The van der Waals surface area contributed by atoms with Crippen LogP contribution in [-0.2, 0) is 11.3 Å². The Morgan fingerprint density at radius 2 is 2.11 bits per heavy atom. The standard InChI is InChI=1S/C15H24N2O2/c1-4-17-10-11(16)9-13(17)14(18)19-12-5-7-15(2,3)8-6-12/h9-10,12H,4-8,16H2,1-3H3. The molecule has 1 heterocycles. The van der Waals surface area contributed by atoms with Gasteiger partial charge in [-0.15, -0.1) is 0 Å². The summed E-state index contributed by atoms with van der Waals surface area (Å²) in [5.41, 5.74) is 7.29. The minimum absolute atomic E-state index is 0.0574. The molecule has 0 saturated heterocycles. The van der Waals surface area contributed by atoms with Crippen LogP contribution in [0.2, 0.25) is 0 Å². The molecule has 0 bridgehead atoms. The van der Waals surface area contributed by atoms with E-state index in [0.717, 1.165) is 32.2 Å². The van der Waals surface area contributed by atoms with Crippen LogP contribution in [0.1, 0.15) is 56.9 Å². The molecule has 1 aliphatic carbocycles. The Balaban J connectivity index is 1.98. The zero-order valence-electron chi connectivity index (χ0n) is 12.1. The minimum Gasteiger partial charge on any atom is -0.458 e. The van der Waals surface area contributed by atoms with Gasteiger partial charge in [0.05, 0.1) is 5.69 Å². The predicted octanol–water partition coefficient (Wildman–Crippen LogP) is 3.22. The van der Waals surface area contributed by atoms with Crippen molar-refractivity contribution in [3.05, 3.63) is 18.0 Å². The highest BCUT2D eigenvalue weighted by atomic mass is 16.5. The molecule has 0 aliphatic heterocycles. The Hall–Kier alpha value is -1.45. The van der Waals surface area contributed by atoms with Crippen molar-refractivity contribution in [3.8, 4) is 0 Å². The second-order valence-corrected chi connectivity index (χ2v) is 6.21. The molecule has 106 valence electrons. The van der Waals surface area contributed by atoms with Gasteiger partial charge in [-0.1, -0.05) is 13.8 Å². The lowest BCUT2D eigenvalue weighted by molar-refractivity contribution is 0.00846. The summed E-state index contributed by atoms with van der Waals surface area (Å²) in [7, 11) is 0. The summed E-state index contributed by atoms with van der Waals surface area (Å²) < 4.78 is 7.45. The number of carbonyl (C=O) groups excluding carboxylic acids is 1. The maximum absolute atomic E-state index is 12.2. The molecule has 0 unspecified atom stereocenters. The third-order valence-electron chi connectivity index (χ3n) is 4.03. The van der Waals surface area contributed by atoms with Crippen LogP contribution in [0, 0.1) is 5.41 Å². The summed E-state index contributed by atoms with van der Waals surface area (Å²) in [5, 5.41) is 0. The molecule has 1 saturated carbocycles. The van der Waals surface area contributed by atoms with Crippen molar-refractivity contribution in [1.82, 2.24) is 4.57 Å². The highest BCUT2D eigenvalue weighted by Gasteiger charge is 2.29. The molecule has 0 spiro atoms. The average molecular weight is 264 g/mol. The first-order chi connectivity index (χ1) is 8.91. The van der Waals surface area contributed by atoms with Crippen LogP contribution in [0.25, 0.3) is 0 Å². The number of nitrogen functional groups attached to an aromatic ring is 1. The van der Waals surface area contributed by atoms with Crippen LogP contribution in [-0.4, -0.2) is 16.6 Å². The van der Waals surface area contributed by atoms with Gasteiger partial charge in [-0.2, -0.15) is 0 Å². The number of rotatable bonds is 3. The van der Waals surface area contributed by atoms with Crippen LogP contribution in [0.5, 0.6) is 0 Å². The zero-order chi connectivity index (χ0) is 14.0. The van der Waals surface area contributed by atoms with Crippen LogP contribution >= 0.6 is 0 Å². The van der Waals surface area contributed by atoms with E-state index in [0.29, 0.717) is 16.8 Å². The topological polar surface area (TPSA) is 57.2 Å². The fourth-order valence-corrected chi connectivity index (χ4v) is 2.67. The van der Waals surface area contributed by atoms with Gasteiger partial charge in [0.25, 0.3) is 0 Å². The van der Waals surface area contributed by atoms with Crippen molar-refractivity contribution < 1.29 is 9.53 Å². The van der Waals surface area contributed by atoms with E-state index in [4.69, 9.17) is 10.5 Å². The number of ether oxygens (including phenoxy) is 1. The van der Waals surface area contributed by atoms with E-state index in [-0.39, 0.29) is 12.1 Å². The number of anilines is 1. The average Bonchev–Trinajstić information content (AvgIpc) is 2.73. The first-order valence-corrected chi connectivity index (χ1v) is 7.08. The predicted molar refractivity (Wildman–Crippen MR) is 76.0 cm³/mol. The fraction of sp³-hybridized carbons (Fsp3) is 0.667. The maximum Gasteiger partial charge on any atom is 0.355 e. The monoisotopic (exact) mass is 264 g/mol. The van der Waals surface area contributed by atoms with Gasteiger partial charge >= 0.3 is 5.97 Å². The van der Waals surface area contributed by atoms with E-state index in [1.165, 1.54) is 0 Å². The van der Waals surface area contributed by atoms with Gasteiger partial charge in [-0.25, -0.2) is 4.79 Å². The van der Waals surface area contributed by atoms with Crippen molar-refractivity contribution in [2.45, 2.75) is 59.1 Å². The summed E-state index contributed by atoms with van der Waals surface area (Å²) in [6.45, 7) is 7.25. The van der Waals surface area contributed by atoms with Crippen molar-refractivity contribution in [2.24, 2.45) is 5.41 Å². The first kappa shape index (κ1) is 14.0. The highest BCUT2D eigenvalue weighted by Crippen LogP contribution is 2.36. The molecule has 19 heavy (non-hydrogen) atoms. The molecule has 1 aromatic rings. The summed E-state index contributed by atoms with van der Waals surface area (Å²) in [5.74, 6) is -0.247. The lowest BCUT2D eigenvalue weighted by Gasteiger charge is -2.33. The molecular weight excluding hydrogens is 240 g/mol. The van der Waals surface area contributed by atoms with E-state index >= 15 is 0 Å². The Bertz CT molecular complexity index is 453. The number of nitrogens with zero attached hydrogens (tertiary/aromatic N) is 1. The maximum atomic E-state index is 12.2. The van der Waals surface area contributed by atoms with Gasteiger partial charge in [-0.05, 0) is 44.1 Å². The van der Waals surface area contributed by atoms with Crippen LogP contribution in [0.4, 0.5) is 5.69 Å². The summed E-state index contributed by atoms with van der Waals surface area (Å²) >= 11 is 0. The van der Waals surface area contributed by atoms with Crippen molar-refractivity contribution in [3.63, 3.8) is 0 Å². The number of esters is 1. The van der Waals surface area contributed by atoms with E-state index < -0.39 is 0 Å². The minimum atomic E-state index is -0.247. The first-order valence-electron chi connectivity index (χ1n) is 7.08. The number of aryl methyl sites for hydroxylation is 1. The molecule has 0 radical (unpaired) electrons. The molecule has 0 aromatic carbocycles. The van der Waals surface area contributed by atoms with Crippen molar-refractivity contribution >= 4 is 11.7 Å². The van der Waals surface area contributed by atoms with E-state index in [2.05, 4.69) is 13.8 Å². The second kappa shape index (κ2) is 5.27. The molecule has 2 N–H and O–H groups in total. The van der Waals surface area contributed by atoms with Crippen LogP contribution < -0.4 is 5.73 Å². The molecule has 4 heteroatoms. The molecule has 1 aliphatic rings. The Kier molecular flexibility index (Phi) is 3.88. The SMILES string of the molecule is CCn1cc(N)cc1C(=O)OC1CCC(C)(C)CC1. The van der Waals surface area contributed by atoms with E-state index in [1.807, 2.05) is 11.5 Å². The van der Waals surface area contributed by atoms with Gasteiger partial charge in [-0.3, -0.25) is 0 Å². The molecule has 1 fully saturated rings. The summed E-state index contributed by atoms with van der Waals surface area (Å²) in [4.78, 5) is 12.2. The van der Waals surface area contributed by atoms with Crippen molar-refractivity contribution in [1.29, 1.82) is 0 Å². The second-order valence-electron chi connectivity index (χ2n) is 6.21. The number of nitrogens with two attached hydrogens (primary N) is 1. The summed E-state index contributed by atoms with van der Waals surface area (Å²) in [6.07, 6.45) is 5.98. The Labute approximate surface area is 114 Å². The Morgan fingerprint density at radius 3 is 2.68 bits per heavy atom. The molecule has 0 atom stereocenters. The number of aromatic nitrogens is 1. The quantitative estimate of drug-likeness (QED) is 0.853. The van der Waals surface area contributed by atoms with Gasteiger partial charge < -0.3 is 15.0 Å². The summed E-state index contributed by atoms with van der Waals surface area (Å²) in [6, 6.07) is 1.69. The van der Waals surface area contributed by atoms with Gasteiger partial charge in [0.15, 0.2) is 0 Å². The van der Waals surface area contributed by atoms with Gasteiger partial charge in [0, 0.05) is 12.7 Å². The van der Waals surface area contributed by atoms with Gasteiger partial charge in [0.2, 0.25) is 0 Å². The molecular formula is C15H24N2O2. The molecule has 2 rings (SSSR count). The number of hydrogen-bond donors (Lipinski definition) is 1. The molecule has 4 nitrogen and oxygen atoms in total. The van der Waals surface area contributed by atoms with Crippen LogP contribution in [0.3, 0.4) is 0 Å². The largest absolute Gasteiger partial charge is 0.458 e. The highest BCUT2D eigenvalue weighted by molar-refractivity contribution is 5.89. The Morgan fingerprint density at radius 1 is 1.47 bits per heavy atom. The lowest BCUT2D eigenvalue weighted by atomic mass is 9.76. The third-order valence-corrected chi connectivity index (χ3v) is 4.03. The number of carbonyl (C=O) groups is 1. The van der Waals surface area contributed by atoms with E-state index in [1.54, 1.807) is 12.3 Å². The molecule has 1 aromatic heterocycles. The van der Waals surface area contributed by atoms with E-state index in [9.17, 15) is 4.79 Å². The molecule has 0 amide bonds. The lowest BCUT2D eigenvalue weighted by Crippen LogP contribution is -2.28. The van der Waals surface area contributed by atoms with Crippen molar-refractivity contribution in [2.75, 3.05) is 5.73 Å².